The number of nitrogens with one attached hydrogen (secondary N) is 2. The van der Waals surface area contributed by atoms with E-state index in [-0.39, 0.29) is 5.91 Å². The fourth-order valence-electron chi connectivity index (χ4n) is 1.69. The molecule has 1 aromatic carbocycles. The molecular formula is C15H16ClN3O2. The summed E-state index contributed by atoms with van der Waals surface area (Å²) in [6.45, 7) is 1.26. The Morgan fingerprint density at radius 3 is 2.71 bits per heavy atom. The Labute approximate surface area is 128 Å². The van der Waals surface area contributed by atoms with Crippen molar-refractivity contribution in [3.05, 3.63) is 53.3 Å². The number of pyridine rings is 1. The van der Waals surface area contributed by atoms with Crippen LogP contribution >= 0.6 is 11.6 Å². The summed E-state index contributed by atoms with van der Waals surface area (Å²) in [6.07, 6.45) is 1.59. The summed E-state index contributed by atoms with van der Waals surface area (Å²) in [5, 5.41) is 6.54. The first-order chi connectivity index (χ1) is 10.2. The second kappa shape index (κ2) is 7.61. The molecule has 6 heteroatoms. The molecule has 0 aliphatic rings. The van der Waals surface area contributed by atoms with E-state index in [0.717, 1.165) is 5.69 Å². The lowest BCUT2D eigenvalue weighted by atomic mass is 10.2. The van der Waals surface area contributed by atoms with Gasteiger partial charge >= 0.3 is 0 Å². The second-order valence-electron chi connectivity index (χ2n) is 4.31. The highest BCUT2D eigenvalue weighted by molar-refractivity contribution is 6.30. The third-order valence-corrected chi connectivity index (χ3v) is 2.98. The van der Waals surface area contributed by atoms with Crippen LogP contribution in [0.1, 0.15) is 10.5 Å². The third-order valence-electron chi connectivity index (χ3n) is 2.73. The van der Waals surface area contributed by atoms with Crippen molar-refractivity contribution < 1.29 is 9.53 Å². The van der Waals surface area contributed by atoms with E-state index in [1.807, 2.05) is 0 Å². The Morgan fingerprint density at radius 2 is 2.00 bits per heavy atom. The maximum absolute atomic E-state index is 12.1. The van der Waals surface area contributed by atoms with Crippen LogP contribution in [0.4, 0.5) is 11.4 Å². The van der Waals surface area contributed by atoms with Gasteiger partial charge in [-0.05, 0) is 36.4 Å². The van der Waals surface area contributed by atoms with Gasteiger partial charge in [0.1, 0.15) is 5.69 Å². The maximum Gasteiger partial charge on any atom is 0.274 e. The lowest BCUT2D eigenvalue weighted by Gasteiger charge is -2.08. The number of anilines is 2. The van der Waals surface area contributed by atoms with Gasteiger partial charge in [0.2, 0.25) is 0 Å². The van der Waals surface area contributed by atoms with Gasteiger partial charge in [-0.15, -0.1) is 0 Å². The van der Waals surface area contributed by atoms with Gasteiger partial charge in [-0.2, -0.15) is 0 Å². The normalized spacial score (nSPS) is 10.2. The number of halogens is 1. The molecule has 0 fully saturated rings. The summed E-state index contributed by atoms with van der Waals surface area (Å²) in [5.74, 6) is -0.271. The standard InChI is InChI=1S/C15H16ClN3O2/c1-21-9-8-17-13-6-7-18-14(10-13)15(20)19-12-4-2-11(16)3-5-12/h2-7,10H,8-9H2,1H3,(H,17,18)(H,19,20). The zero-order valence-corrected chi connectivity index (χ0v) is 12.4. The Bertz CT molecular complexity index is 602. The van der Waals surface area contributed by atoms with Gasteiger partial charge < -0.3 is 15.4 Å². The molecule has 0 atom stereocenters. The molecule has 5 nitrogen and oxygen atoms in total. The predicted octanol–water partition coefficient (Wildman–Crippen LogP) is 3.05. The van der Waals surface area contributed by atoms with Gasteiger partial charge in [0.05, 0.1) is 6.61 Å². The van der Waals surface area contributed by atoms with Crippen molar-refractivity contribution in [1.29, 1.82) is 0 Å². The highest BCUT2D eigenvalue weighted by atomic mass is 35.5. The maximum atomic E-state index is 12.1. The number of rotatable bonds is 6. The topological polar surface area (TPSA) is 63.2 Å². The first-order valence-corrected chi connectivity index (χ1v) is 6.82. The fraction of sp³-hybridized carbons (Fsp3) is 0.200. The third kappa shape index (κ3) is 4.73. The lowest BCUT2D eigenvalue weighted by molar-refractivity contribution is 0.102. The minimum absolute atomic E-state index is 0.271. The van der Waals surface area contributed by atoms with E-state index in [2.05, 4.69) is 15.6 Å². The monoisotopic (exact) mass is 305 g/mol. The van der Waals surface area contributed by atoms with E-state index in [1.165, 1.54) is 0 Å². The largest absolute Gasteiger partial charge is 0.383 e. The number of hydrogen-bond acceptors (Lipinski definition) is 4. The summed E-state index contributed by atoms with van der Waals surface area (Å²) in [6, 6.07) is 10.4. The Kier molecular flexibility index (Phi) is 5.54. The number of nitrogens with zero attached hydrogens (tertiary/aromatic N) is 1. The second-order valence-corrected chi connectivity index (χ2v) is 4.75. The SMILES string of the molecule is COCCNc1ccnc(C(=O)Nc2ccc(Cl)cc2)c1. The van der Waals surface area contributed by atoms with Crippen LogP contribution in [0, 0.1) is 0 Å². The number of aromatic nitrogens is 1. The van der Waals surface area contributed by atoms with Crippen molar-refractivity contribution in [3.63, 3.8) is 0 Å². The quantitative estimate of drug-likeness (QED) is 0.805. The molecule has 2 aromatic rings. The van der Waals surface area contributed by atoms with Gasteiger partial charge in [-0.1, -0.05) is 11.6 Å². The molecule has 0 radical (unpaired) electrons. The number of benzene rings is 1. The zero-order chi connectivity index (χ0) is 15.1. The summed E-state index contributed by atoms with van der Waals surface area (Å²) >= 11 is 5.80. The molecule has 0 saturated heterocycles. The predicted molar refractivity (Wildman–Crippen MR) is 84.0 cm³/mol. The van der Waals surface area contributed by atoms with Gasteiger partial charge in [-0.3, -0.25) is 9.78 Å². The van der Waals surface area contributed by atoms with E-state index in [4.69, 9.17) is 16.3 Å². The highest BCUT2D eigenvalue weighted by Crippen LogP contribution is 2.15. The minimum atomic E-state index is -0.271. The Morgan fingerprint density at radius 1 is 1.24 bits per heavy atom. The zero-order valence-electron chi connectivity index (χ0n) is 11.6. The van der Waals surface area contributed by atoms with E-state index < -0.39 is 0 Å². The summed E-state index contributed by atoms with van der Waals surface area (Å²) in [7, 11) is 1.64. The molecule has 0 spiro atoms. The van der Waals surface area contributed by atoms with Crippen molar-refractivity contribution in [3.8, 4) is 0 Å². The van der Waals surface area contributed by atoms with E-state index in [9.17, 15) is 4.79 Å². The molecule has 110 valence electrons. The van der Waals surface area contributed by atoms with E-state index in [0.29, 0.717) is 29.6 Å². The van der Waals surface area contributed by atoms with Crippen LogP contribution in [0.2, 0.25) is 5.02 Å². The number of hydrogen-bond donors (Lipinski definition) is 2. The van der Waals surface area contributed by atoms with Gasteiger partial charge in [0.25, 0.3) is 5.91 Å². The van der Waals surface area contributed by atoms with Crippen molar-refractivity contribution in [2.75, 3.05) is 30.9 Å². The minimum Gasteiger partial charge on any atom is -0.383 e. The van der Waals surface area contributed by atoms with E-state index >= 15 is 0 Å². The van der Waals surface area contributed by atoms with Crippen LogP contribution in [0.25, 0.3) is 0 Å². The van der Waals surface area contributed by atoms with Crippen molar-refractivity contribution >= 4 is 28.9 Å². The van der Waals surface area contributed by atoms with Crippen LogP contribution in [-0.4, -0.2) is 31.2 Å². The summed E-state index contributed by atoms with van der Waals surface area (Å²) in [4.78, 5) is 16.2. The molecule has 2 rings (SSSR count). The lowest BCUT2D eigenvalue weighted by Crippen LogP contribution is -2.14. The van der Waals surface area contributed by atoms with Crippen LogP contribution < -0.4 is 10.6 Å². The first kappa shape index (κ1) is 15.3. The number of amides is 1. The highest BCUT2D eigenvalue weighted by Gasteiger charge is 2.08. The fourth-order valence-corrected chi connectivity index (χ4v) is 1.82. The summed E-state index contributed by atoms with van der Waals surface area (Å²) in [5.41, 5.74) is 1.83. The molecular weight excluding hydrogens is 290 g/mol. The molecule has 1 heterocycles. The van der Waals surface area contributed by atoms with Crippen LogP contribution in [0.15, 0.2) is 42.6 Å². The first-order valence-electron chi connectivity index (χ1n) is 6.45. The molecule has 0 aliphatic heterocycles. The van der Waals surface area contributed by atoms with Gasteiger partial charge in [0, 0.05) is 36.2 Å². The Hall–Kier alpha value is -2.11. The number of carbonyl (C=O) groups is 1. The van der Waals surface area contributed by atoms with Crippen LogP contribution in [0.3, 0.4) is 0 Å². The molecule has 0 bridgehead atoms. The van der Waals surface area contributed by atoms with Crippen LogP contribution in [-0.2, 0) is 4.74 Å². The average Bonchev–Trinajstić information content (AvgIpc) is 2.50. The molecule has 1 amide bonds. The van der Waals surface area contributed by atoms with Gasteiger partial charge in [0.15, 0.2) is 0 Å². The number of carbonyl (C=O) groups excluding carboxylic acids is 1. The van der Waals surface area contributed by atoms with Crippen molar-refractivity contribution in [1.82, 2.24) is 4.98 Å². The molecule has 0 unspecified atom stereocenters. The number of methoxy groups -OCH3 is 1. The van der Waals surface area contributed by atoms with Crippen molar-refractivity contribution in [2.24, 2.45) is 0 Å². The molecule has 21 heavy (non-hydrogen) atoms. The smallest absolute Gasteiger partial charge is 0.274 e. The number of ether oxygens (including phenoxy) is 1. The molecule has 0 aliphatic carbocycles. The van der Waals surface area contributed by atoms with Crippen LogP contribution in [0.5, 0.6) is 0 Å². The molecule has 1 aromatic heterocycles. The summed E-state index contributed by atoms with van der Waals surface area (Å²) < 4.78 is 4.96. The Balaban J connectivity index is 2.01. The van der Waals surface area contributed by atoms with Gasteiger partial charge in [-0.25, -0.2) is 0 Å². The molecule has 0 saturated carbocycles. The van der Waals surface area contributed by atoms with Crippen molar-refractivity contribution in [2.45, 2.75) is 0 Å². The molecule has 2 N–H and O–H groups in total. The average molecular weight is 306 g/mol. The van der Waals surface area contributed by atoms with E-state index in [1.54, 1.807) is 49.7 Å².